The van der Waals surface area contributed by atoms with Gasteiger partial charge in [0.2, 0.25) is 5.82 Å². The van der Waals surface area contributed by atoms with Crippen LogP contribution in [0.1, 0.15) is 10.4 Å². The summed E-state index contributed by atoms with van der Waals surface area (Å²) in [6.07, 6.45) is -4.02. The molecule has 0 saturated heterocycles. The van der Waals surface area contributed by atoms with Crippen LogP contribution in [0.4, 0.5) is 19.0 Å². The Balaban J connectivity index is 3.32. The molecule has 0 saturated carbocycles. The molecule has 1 aromatic rings. The SMILES string of the molecule is N=C([n+]1cccc(C(=O)O)c1N)C(F)(F)F. The first kappa shape index (κ1) is 12.0. The number of nitrogens with one attached hydrogen (secondary N) is 1. The van der Waals surface area contributed by atoms with Crippen LogP contribution >= 0.6 is 0 Å². The summed E-state index contributed by atoms with van der Waals surface area (Å²) in [6.45, 7) is 0. The lowest BCUT2D eigenvalue weighted by molar-refractivity contribution is -0.554. The zero-order valence-corrected chi connectivity index (χ0v) is 7.75. The van der Waals surface area contributed by atoms with E-state index in [4.69, 9.17) is 16.2 Å². The van der Waals surface area contributed by atoms with Crippen LogP contribution in [0, 0.1) is 5.41 Å². The van der Waals surface area contributed by atoms with Crippen molar-refractivity contribution in [3.63, 3.8) is 0 Å². The Bertz CT molecular complexity index is 456. The number of carboxylic acids is 1. The van der Waals surface area contributed by atoms with Crippen LogP contribution in [0.2, 0.25) is 0 Å². The Kier molecular flexibility index (Phi) is 2.84. The molecule has 86 valence electrons. The number of pyridine rings is 1. The maximum atomic E-state index is 12.2. The molecule has 8 heteroatoms. The number of hydrogen-bond donors (Lipinski definition) is 3. The second kappa shape index (κ2) is 3.80. The van der Waals surface area contributed by atoms with Gasteiger partial charge in [0, 0.05) is 0 Å². The van der Waals surface area contributed by atoms with Crippen LogP contribution in [-0.2, 0) is 0 Å². The predicted octanol–water partition coefficient (Wildman–Crippen LogP) is 0.642. The van der Waals surface area contributed by atoms with E-state index in [-0.39, 0.29) is 4.57 Å². The fourth-order valence-corrected chi connectivity index (χ4v) is 1.03. The van der Waals surface area contributed by atoms with Crippen LogP contribution in [0.25, 0.3) is 0 Å². The number of nitrogen functional groups attached to an aromatic ring is 1. The van der Waals surface area contributed by atoms with Gasteiger partial charge in [-0.2, -0.15) is 23.1 Å². The third-order valence-corrected chi connectivity index (χ3v) is 1.77. The number of hydrogen-bond acceptors (Lipinski definition) is 3. The molecule has 0 amide bonds. The molecule has 5 nitrogen and oxygen atoms in total. The summed E-state index contributed by atoms with van der Waals surface area (Å²) in [4.78, 5) is 10.6. The number of nitrogens with two attached hydrogens (primary N) is 1. The molecule has 4 N–H and O–H groups in total. The molecule has 0 aliphatic carbocycles. The second-order valence-electron chi connectivity index (χ2n) is 2.83. The predicted molar refractivity (Wildman–Crippen MR) is 47.2 cm³/mol. The lowest BCUT2D eigenvalue weighted by atomic mass is 10.2. The van der Waals surface area contributed by atoms with E-state index in [1.54, 1.807) is 0 Å². The quantitative estimate of drug-likeness (QED) is 0.378. The summed E-state index contributed by atoms with van der Waals surface area (Å²) < 4.78 is 36.9. The molecule has 0 bridgehead atoms. The van der Waals surface area contributed by atoms with Crippen molar-refractivity contribution in [1.29, 1.82) is 5.41 Å². The first-order valence-electron chi connectivity index (χ1n) is 3.94. The zero-order chi connectivity index (χ0) is 12.5. The zero-order valence-electron chi connectivity index (χ0n) is 7.75. The molecule has 16 heavy (non-hydrogen) atoms. The second-order valence-corrected chi connectivity index (χ2v) is 2.83. The van der Waals surface area contributed by atoms with Crippen molar-refractivity contribution >= 4 is 17.6 Å². The highest BCUT2D eigenvalue weighted by Crippen LogP contribution is 2.16. The van der Waals surface area contributed by atoms with Crippen molar-refractivity contribution in [2.45, 2.75) is 6.18 Å². The van der Waals surface area contributed by atoms with Gasteiger partial charge in [-0.05, 0) is 12.1 Å². The van der Waals surface area contributed by atoms with E-state index in [9.17, 15) is 18.0 Å². The van der Waals surface area contributed by atoms with Crippen LogP contribution in [0.3, 0.4) is 0 Å². The Morgan fingerprint density at radius 1 is 1.50 bits per heavy atom. The van der Waals surface area contributed by atoms with E-state index < -0.39 is 29.4 Å². The minimum atomic E-state index is -4.89. The molecule has 0 atom stereocenters. The summed E-state index contributed by atoms with van der Waals surface area (Å²) in [7, 11) is 0. The lowest BCUT2D eigenvalue weighted by Crippen LogP contribution is -2.52. The van der Waals surface area contributed by atoms with Gasteiger partial charge in [0.15, 0.2) is 0 Å². The van der Waals surface area contributed by atoms with E-state index in [0.717, 1.165) is 18.3 Å². The van der Waals surface area contributed by atoms with Crippen LogP contribution in [-0.4, -0.2) is 23.1 Å². The minimum absolute atomic E-state index is 0.267. The molecule has 0 aliphatic heterocycles. The number of anilines is 1. The molecule has 1 rings (SSSR count). The largest absolute Gasteiger partial charge is 0.481 e. The maximum Gasteiger partial charge on any atom is 0.481 e. The number of carbonyl (C=O) groups is 1. The molecule has 0 aliphatic rings. The molecule has 0 spiro atoms. The fourth-order valence-electron chi connectivity index (χ4n) is 1.03. The third-order valence-electron chi connectivity index (χ3n) is 1.77. The van der Waals surface area contributed by atoms with Crippen molar-refractivity contribution < 1.29 is 27.6 Å². The Hall–Kier alpha value is -2.12. The van der Waals surface area contributed by atoms with Crippen molar-refractivity contribution in [3.8, 4) is 0 Å². The highest BCUT2D eigenvalue weighted by atomic mass is 19.4. The smallest absolute Gasteiger partial charge is 0.477 e. The van der Waals surface area contributed by atoms with Gasteiger partial charge in [0.1, 0.15) is 5.56 Å². The van der Waals surface area contributed by atoms with Crippen molar-refractivity contribution in [2.24, 2.45) is 0 Å². The molecule has 0 fully saturated rings. The number of nitrogens with zero attached hydrogens (tertiary/aromatic N) is 1. The molecule has 1 heterocycles. The summed E-state index contributed by atoms with van der Waals surface area (Å²) >= 11 is 0. The topological polar surface area (TPSA) is 91.0 Å². The molecule has 1 aromatic heterocycles. The van der Waals surface area contributed by atoms with E-state index in [2.05, 4.69) is 0 Å². The summed E-state index contributed by atoms with van der Waals surface area (Å²) in [5.74, 6) is -3.84. The average molecular weight is 234 g/mol. The standard InChI is InChI=1S/C8H6F3N3O2/c9-8(10,11)7(13)14-3-1-2-4(5(14)12)6(15)16/h1-3,12-13H,(H,15,16)/p+1. The molecule has 0 aromatic carbocycles. The number of aromatic nitrogens is 1. The Labute approximate surface area is 87.4 Å². The van der Waals surface area contributed by atoms with Crippen molar-refractivity contribution in [2.75, 3.05) is 5.73 Å². The molecule has 0 unspecified atom stereocenters. The molecule has 0 radical (unpaired) electrons. The van der Waals surface area contributed by atoms with Gasteiger partial charge in [-0.25, -0.2) is 4.79 Å². The maximum absolute atomic E-state index is 12.2. The number of carboxylic acid groups (broad SMARTS) is 1. The van der Waals surface area contributed by atoms with Gasteiger partial charge in [-0.3, -0.25) is 0 Å². The van der Waals surface area contributed by atoms with E-state index in [1.165, 1.54) is 0 Å². The summed E-state index contributed by atoms with van der Waals surface area (Å²) in [5, 5.41) is 15.5. The fraction of sp³-hybridized carbons (Fsp3) is 0.125. The van der Waals surface area contributed by atoms with Gasteiger partial charge in [-0.1, -0.05) is 0 Å². The number of rotatable bonds is 1. The van der Waals surface area contributed by atoms with E-state index in [1.807, 2.05) is 0 Å². The average Bonchev–Trinajstić information content (AvgIpc) is 2.15. The normalized spacial score (nSPS) is 11.2. The van der Waals surface area contributed by atoms with Gasteiger partial charge in [0.05, 0.1) is 6.20 Å². The number of alkyl halides is 3. The molecular formula is C8H7F3N3O2+. The first-order chi connectivity index (χ1) is 7.25. The number of aromatic carboxylic acids is 1. The highest BCUT2D eigenvalue weighted by molar-refractivity contribution is 5.92. The van der Waals surface area contributed by atoms with Crippen LogP contribution in [0.5, 0.6) is 0 Å². The van der Waals surface area contributed by atoms with Crippen molar-refractivity contribution in [3.05, 3.63) is 23.9 Å². The van der Waals surface area contributed by atoms with E-state index >= 15 is 0 Å². The van der Waals surface area contributed by atoms with Gasteiger partial charge < -0.3 is 10.8 Å². The van der Waals surface area contributed by atoms with E-state index in [0.29, 0.717) is 0 Å². The lowest BCUT2D eigenvalue weighted by Gasteiger charge is -2.08. The monoisotopic (exact) mass is 234 g/mol. The van der Waals surface area contributed by atoms with Crippen LogP contribution < -0.4 is 10.3 Å². The highest BCUT2D eigenvalue weighted by Gasteiger charge is 2.42. The van der Waals surface area contributed by atoms with Gasteiger partial charge >= 0.3 is 18.0 Å². The Morgan fingerprint density at radius 3 is 2.50 bits per heavy atom. The summed E-state index contributed by atoms with van der Waals surface area (Å²) in [5.41, 5.74) is 4.73. The van der Waals surface area contributed by atoms with Gasteiger partial charge in [-0.15, -0.1) is 0 Å². The Morgan fingerprint density at radius 2 is 2.06 bits per heavy atom. The minimum Gasteiger partial charge on any atom is -0.477 e. The van der Waals surface area contributed by atoms with Gasteiger partial charge in [0.25, 0.3) is 0 Å². The third kappa shape index (κ3) is 2.10. The number of halogens is 3. The van der Waals surface area contributed by atoms with Crippen molar-refractivity contribution in [1.82, 2.24) is 0 Å². The summed E-state index contributed by atoms with van der Waals surface area (Å²) in [6, 6.07) is 2.12. The molecular weight excluding hydrogens is 227 g/mol. The first-order valence-corrected chi connectivity index (χ1v) is 3.94. The van der Waals surface area contributed by atoms with Crippen LogP contribution in [0.15, 0.2) is 18.3 Å².